The third-order valence-electron chi connectivity index (χ3n) is 1.50. The summed E-state index contributed by atoms with van der Waals surface area (Å²) in [4.78, 5) is 0. The highest BCUT2D eigenvalue weighted by Gasteiger charge is 1.97. The molecule has 0 aromatic rings. The van der Waals surface area contributed by atoms with Crippen molar-refractivity contribution in [2.24, 2.45) is 0 Å². The molecule has 0 atom stereocenters. The predicted molar refractivity (Wildman–Crippen MR) is 36.8 cm³/mol. The van der Waals surface area contributed by atoms with Crippen LogP contribution in [-0.4, -0.2) is 0 Å². The van der Waals surface area contributed by atoms with E-state index in [-0.39, 0.29) is 5.83 Å². The van der Waals surface area contributed by atoms with Crippen molar-refractivity contribution in [2.75, 3.05) is 0 Å². The number of hydrogen-bond acceptors (Lipinski definition) is 0. The van der Waals surface area contributed by atoms with Crippen LogP contribution in [0.4, 0.5) is 4.39 Å². The largest absolute Gasteiger partial charge is 0.207 e. The first kappa shape index (κ1) is 6.53. The van der Waals surface area contributed by atoms with Crippen LogP contribution in [0, 0.1) is 0 Å². The maximum Gasteiger partial charge on any atom is 0.119 e. The lowest BCUT2D eigenvalue weighted by Crippen LogP contribution is -1.72. The van der Waals surface area contributed by atoms with Gasteiger partial charge in [0, 0.05) is 0 Å². The minimum Gasteiger partial charge on any atom is -0.207 e. The van der Waals surface area contributed by atoms with E-state index in [0.717, 1.165) is 24.8 Å². The van der Waals surface area contributed by atoms with Gasteiger partial charge >= 0.3 is 0 Å². The fourth-order valence-electron chi connectivity index (χ4n) is 0.987. The van der Waals surface area contributed by atoms with Crippen molar-refractivity contribution in [3.63, 3.8) is 0 Å². The van der Waals surface area contributed by atoms with E-state index < -0.39 is 0 Å². The number of hydrogen-bond donors (Lipinski definition) is 0. The van der Waals surface area contributed by atoms with E-state index in [1.165, 1.54) is 0 Å². The SMILES string of the molecule is CC1=CC(F)=CCCC1. The molecule has 1 aliphatic rings. The van der Waals surface area contributed by atoms with Crippen molar-refractivity contribution in [2.45, 2.75) is 26.2 Å². The minimum absolute atomic E-state index is 0.0648. The summed E-state index contributed by atoms with van der Waals surface area (Å²) in [6.45, 7) is 1.97. The molecular formula is C8H11F. The van der Waals surface area contributed by atoms with Gasteiger partial charge < -0.3 is 0 Å². The average molecular weight is 126 g/mol. The predicted octanol–water partition coefficient (Wildman–Crippen LogP) is 2.97. The summed E-state index contributed by atoms with van der Waals surface area (Å²) in [5, 5.41) is 0. The minimum atomic E-state index is -0.0648. The average Bonchev–Trinajstić information content (AvgIpc) is 1.93. The zero-order valence-electron chi connectivity index (χ0n) is 5.65. The summed E-state index contributed by atoms with van der Waals surface area (Å²) >= 11 is 0. The van der Waals surface area contributed by atoms with E-state index in [4.69, 9.17) is 0 Å². The molecule has 0 aromatic carbocycles. The van der Waals surface area contributed by atoms with Crippen LogP contribution in [0.5, 0.6) is 0 Å². The zero-order valence-corrected chi connectivity index (χ0v) is 5.65. The van der Waals surface area contributed by atoms with Gasteiger partial charge in [0.2, 0.25) is 0 Å². The van der Waals surface area contributed by atoms with Gasteiger partial charge in [-0.2, -0.15) is 0 Å². The van der Waals surface area contributed by atoms with E-state index in [1.807, 2.05) is 6.92 Å². The van der Waals surface area contributed by atoms with Crippen molar-refractivity contribution in [1.29, 1.82) is 0 Å². The van der Waals surface area contributed by atoms with Crippen LogP contribution in [-0.2, 0) is 0 Å². The molecule has 0 radical (unpaired) electrons. The molecule has 0 bridgehead atoms. The first-order chi connectivity index (χ1) is 4.29. The molecule has 0 saturated heterocycles. The van der Waals surface area contributed by atoms with Gasteiger partial charge in [0.25, 0.3) is 0 Å². The van der Waals surface area contributed by atoms with E-state index >= 15 is 0 Å². The molecule has 50 valence electrons. The lowest BCUT2D eigenvalue weighted by molar-refractivity contribution is 0.661. The van der Waals surface area contributed by atoms with Crippen molar-refractivity contribution in [1.82, 2.24) is 0 Å². The maximum absolute atomic E-state index is 12.5. The zero-order chi connectivity index (χ0) is 6.69. The second-order valence-corrected chi connectivity index (χ2v) is 2.47. The standard InChI is InChI=1S/C8H11F/c1-7-4-2-3-5-8(9)6-7/h5-6H,2-4H2,1H3. The summed E-state index contributed by atoms with van der Waals surface area (Å²) in [6.07, 6.45) is 6.29. The Morgan fingerprint density at radius 2 is 2.33 bits per heavy atom. The van der Waals surface area contributed by atoms with E-state index in [2.05, 4.69) is 0 Å². The van der Waals surface area contributed by atoms with Crippen LogP contribution < -0.4 is 0 Å². The molecule has 0 unspecified atom stereocenters. The van der Waals surface area contributed by atoms with Crippen molar-refractivity contribution < 1.29 is 4.39 Å². The molecule has 0 aromatic heterocycles. The number of rotatable bonds is 0. The Hall–Kier alpha value is -0.590. The molecular weight excluding hydrogens is 115 g/mol. The molecule has 9 heavy (non-hydrogen) atoms. The van der Waals surface area contributed by atoms with Gasteiger partial charge in [0.15, 0.2) is 0 Å². The van der Waals surface area contributed by atoms with E-state index in [9.17, 15) is 4.39 Å². The van der Waals surface area contributed by atoms with Crippen molar-refractivity contribution in [3.05, 3.63) is 23.6 Å². The van der Waals surface area contributed by atoms with Gasteiger partial charge in [-0.1, -0.05) is 5.57 Å². The van der Waals surface area contributed by atoms with Crippen LogP contribution in [0.25, 0.3) is 0 Å². The van der Waals surface area contributed by atoms with Crippen LogP contribution >= 0.6 is 0 Å². The molecule has 0 aliphatic heterocycles. The summed E-state index contributed by atoms with van der Waals surface area (Å²) in [6, 6.07) is 0. The Balaban J connectivity index is 2.67. The molecule has 0 N–H and O–H groups in total. The number of allylic oxidation sites excluding steroid dienone is 4. The van der Waals surface area contributed by atoms with Crippen molar-refractivity contribution in [3.8, 4) is 0 Å². The first-order valence-corrected chi connectivity index (χ1v) is 3.32. The molecule has 0 amide bonds. The molecule has 0 nitrogen and oxygen atoms in total. The summed E-state index contributed by atoms with van der Waals surface area (Å²) in [5.41, 5.74) is 1.15. The van der Waals surface area contributed by atoms with Crippen LogP contribution in [0.15, 0.2) is 23.6 Å². The summed E-state index contributed by atoms with van der Waals surface area (Å²) in [7, 11) is 0. The quantitative estimate of drug-likeness (QED) is 0.468. The molecule has 1 aliphatic carbocycles. The molecule has 1 rings (SSSR count). The van der Waals surface area contributed by atoms with Crippen LogP contribution in [0.2, 0.25) is 0 Å². The Morgan fingerprint density at radius 3 is 3.11 bits per heavy atom. The topological polar surface area (TPSA) is 0 Å². The molecule has 1 heteroatoms. The second kappa shape index (κ2) is 2.81. The Bertz CT molecular complexity index is 154. The lowest BCUT2D eigenvalue weighted by atomic mass is 10.1. The Labute approximate surface area is 55.1 Å². The second-order valence-electron chi connectivity index (χ2n) is 2.47. The molecule has 0 fully saturated rings. The molecule has 0 heterocycles. The lowest BCUT2D eigenvalue weighted by Gasteiger charge is -1.91. The summed E-state index contributed by atoms with van der Waals surface area (Å²) in [5.74, 6) is -0.0648. The van der Waals surface area contributed by atoms with Crippen molar-refractivity contribution >= 4 is 0 Å². The number of halogens is 1. The van der Waals surface area contributed by atoms with Crippen LogP contribution in [0.1, 0.15) is 26.2 Å². The normalized spacial score (nSPS) is 20.2. The summed E-state index contributed by atoms with van der Waals surface area (Å²) < 4.78 is 12.5. The fourth-order valence-corrected chi connectivity index (χ4v) is 0.987. The Morgan fingerprint density at radius 1 is 1.56 bits per heavy atom. The highest BCUT2D eigenvalue weighted by molar-refractivity contribution is 5.18. The van der Waals surface area contributed by atoms with Gasteiger partial charge in [-0.3, -0.25) is 0 Å². The maximum atomic E-state index is 12.5. The highest BCUT2D eigenvalue weighted by Crippen LogP contribution is 2.16. The first-order valence-electron chi connectivity index (χ1n) is 3.32. The van der Waals surface area contributed by atoms with E-state index in [0.29, 0.717) is 0 Å². The molecule has 0 spiro atoms. The van der Waals surface area contributed by atoms with Gasteiger partial charge in [-0.05, 0) is 38.3 Å². The van der Waals surface area contributed by atoms with Gasteiger partial charge in [0.1, 0.15) is 5.83 Å². The third-order valence-corrected chi connectivity index (χ3v) is 1.50. The smallest absolute Gasteiger partial charge is 0.119 e. The van der Waals surface area contributed by atoms with Gasteiger partial charge in [-0.25, -0.2) is 4.39 Å². The monoisotopic (exact) mass is 126 g/mol. The highest BCUT2D eigenvalue weighted by atomic mass is 19.1. The molecule has 0 saturated carbocycles. The fraction of sp³-hybridized carbons (Fsp3) is 0.500. The van der Waals surface area contributed by atoms with Gasteiger partial charge in [0.05, 0.1) is 0 Å². The third kappa shape index (κ3) is 2.00. The Kier molecular flexibility index (Phi) is 2.04. The van der Waals surface area contributed by atoms with Gasteiger partial charge in [-0.15, -0.1) is 0 Å². The van der Waals surface area contributed by atoms with E-state index in [1.54, 1.807) is 12.2 Å². The van der Waals surface area contributed by atoms with Crippen LogP contribution in [0.3, 0.4) is 0 Å².